The Morgan fingerprint density at radius 2 is 2.08 bits per heavy atom. The zero-order valence-electron chi connectivity index (χ0n) is 13.2. The molecule has 9 heteroatoms. The van der Waals surface area contributed by atoms with Crippen molar-refractivity contribution in [1.29, 1.82) is 5.26 Å². The topological polar surface area (TPSA) is 106 Å². The van der Waals surface area contributed by atoms with E-state index in [1.807, 2.05) is 31.4 Å². The lowest BCUT2D eigenvalue weighted by Gasteiger charge is -2.09. The van der Waals surface area contributed by atoms with E-state index in [0.29, 0.717) is 21.6 Å². The van der Waals surface area contributed by atoms with Crippen LogP contribution >= 0.6 is 23.1 Å². The van der Waals surface area contributed by atoms with Gasteiger partial charge in [-0.2, -0.15) is 10.4 Å². The van der Waals surface area contributed by atoms with Crippen molar-refractivity contribution in [2.24, 2.45) is 0 Å². The zero-order valence-corrected chi connectivity index (χ0v) is 14.9. The van der Waals surface area contributed by atoms with Crippen LogP contribution in [0.25, 0.3) is 10.7 Å². The molecule has 2 N–H and O–H groups in total. The van der Waals surface area contributed by atoms with Gasteiger partial charge in [0.15, 0.2) is 5.82 Å². The quantitative estimate of drug-likeness (QED) is 0.700. The van der Waals surface area contributed by atoms with E-state index in [9.17, 15) is 5.26 Å². The Morgan fingerprint density at radius 1 is 1.25 bits per heavy atom. The summed E-state index contributed by atoms with van der Waals surface area (Å²) >= 11 is 2.74. The van der Waals surface area contributed by atoms with Gasteiger partial charge in [-0.15, -0.1) is 26.6 Å². The molecule has 0 saturated heterocycles. The predicted octanol–water partition coefficient (Wildman–Crippen LogP) is 2.66. The summed E-state index contributed by atoms with van der Waals surface area (Å²) in [5.74, 6) is 6.69. The van der Waals surface area contributed by atoms with Crippen LogP contribution in [0.2, 0.25) is 0 Å². The van der Waals surface area contributed by atoms with Gasteiger partial charge in [0.1, 0.15) is 11.1 Å². The van der Waals surface area contributed by atoms with Crippen molar-refractivity contribution < 1.29 is 0 Å². The number of aromatic nitrogens is 5. The molecule has 0 fully saturated rings. The van der Waals surface area contributed by atoms with E-state index >= 15 is 0 Å². The van der Waals surface area contributed by atoms with E-state index in [1.165, 1.54) is 27.8 Å². The van der Waals surface area contributed by atoms with Gasteiger partial charge >= 0.3 is 0 Å². The zero-order chi connectivity index (χ0) is 17.1. The number of thiophene rings is 1. The summed E-state index contributed by atoms with van der Waals surface area (Å²) in [6.07, 6.45) is 1.47. The molecule has 0 aromatic carbocycles. The van der Waals surface area contributed by atoms with Gasteiger partial charge in [0.25, 0.3) is 0 Å². The summed E-state index contributed by atoms with van der Waals surface area (Å²) in [6, 6.07) is 6.10. The van der Waals surface area contributed by atoms with E-state index in [1.54, 1.807) is 0 Å². The highest BCUT2D eigenvalue weighted by Gasteiger charge is 2.19. The Balaban J connectivity index is 2.00. The minimum absolute atomic E-state index is 0.468. The monoisotopic (exact) mass is 357 g/mol. The van der Waals surface area contributed by atoms with E-state index < -0.39 is 0 Å². The Bertz CT molecular complexity index is 893. The number of nitrogens with two attached hydrogens (primary N) is 1. The number of aryl methyl sites for hydroxylation is 1. The van der Waals surface area contributed by atoms with Crippen LogP contribution in [-0.4, -0.2) is 25.1 Å². The van der Waals surface area contributed by atoms with Crippen molar-refractivity contribution in [3.05, 3.63) is 34.3 Å². The first-order valence-electron chi connectivity index (χ1n) is 7.40. The molecule has 24 heavy (non-hydrogen) atoms. The van der Waals surface area contributed by atoms with Crippen LogP contribution in [0.15, 0.2) is 27.7 Å². The molecule has 3 aromatic rings. The van der Waals surface area contributed by atoms with Gasteiger partial charge in [0.2, 0.25) is 5.16 Å². The molecule has 0 atom stereocenters. The summed E-state index contributed by atoms with van der Waals surface area (Å²) in [7, 11) is 0. The molecule has 0 aliphatic rings. The van der Waals surface area contributed by atoms with Gasteiger partial charge in [-0.25, -0.2) is 4.68 Å². The first-order chi connectivity index (χ1) is 11.7. The molecule has 0 aliphatic heterocycles. The van der Waals surface area contributed by atoms with E-state index in [4.69, 9.17) is 5.84 Å². The van der Waals surface area contributed by atoms with Crippen molar-refractivity contribution >= 4 is 23.1 Å². The summed E-state index contributed by atoms with van der Waals surface area (Å²) in [6.45, 7) is 4.01. The predicted molar refractivity (Wildman–Crippen MR) is 93.1 cm³/mol. The van der Waals surface area contributed by atoms with Crippen LogP contribution in [0, 0.1) is 11.3 Å². The maximum Gasteiger partial charge on any atom is 0.216 e. The van der Waals surface area contributed by atoms with Crippen LogP contribution in [0.5, 0.6) is 0 Å². The van der Waals surface area contributed by atoms with Gasteiger partial charge < -0.3 is 5.84 Å². The molecule has 0 bridgehead atoms. The van der Waals surface area contributed by atoms with Gasteiger partial charge in [0.05, 0.1) is 16.1 Å². The molecule has 0 saturated carbocycles. The third-order valence-electron chi connectivity index (χ3n) is 3.52. The highest BCUT2D eigenvalue weighted by Crippen LogP contribution is 2.31. The van der Waals surface area contributed by atoms with Crippen molar-refractivity contribution in [2.75, 3.05) is 5.84 Å². The third-order valence-corrected chi connectivity index (χ3v) is 5.33. The molecule has 0 amide bonds. The van der Waals surface area contributed by atoms with E-state index in [0.717, 1.165) is 29.0 Å². The molecular formula is C15H15N7S2. The molecule has 0 spiro atoms. The molecule has 0 aliphatic carbocycles. The molecule has 3 heterocycles. The van der Waals surface area contributed by atoms with Gasteiger partial charge in [-0.1, -0.05) is 19.9 Å². The second kappa shape index (κ2) is 6.98. The van der Waals surface area contributed by atoms with Crippen LogP contribution in [0.3, 0.4) is 0 Å². The van der Waals surface area contributed by atoms with Gasteiger partial charge in [-0.3, -0.25) is 0 Å². The first kappa shape index (κ1) is 16.4. The number of nitrogens with zero attached hydrogens (tertiary/aromatic N) is 6. The smallest absolute Gasteiger partial charge is 0.216 e. The molecule has 7 nitrogen and oxygen atoms in total. The molecule has 122 valence electrons. The molecule has 3 rings (SSSR count). The summed E-state index contributed by atoms with van der Waals surface area (Å²) in [5, 5.41) is 29.2. The fourth-order valence-corrected chi connectivity index (χ4v) is 3.85. The Morgan fingerprint density at radius 3 is 2.71 bits per heavy atom. The van der Waals surface area contributed by atoms with Crippen LogP contribution in [-0.2, 0) is 12.8 Å². The minimum Gasteiger partial charge on any atom is -0.335 e. The van der Waals surface area contributed by atoms with Crippen LogP contribution in [0.1, 0.15) is 30.7 Å². The summed E-state index contributed by atoms with van der Waals surface area (Å²) in [4.78, 5) is 0.930. The fourth-order valence-electron chi connectivity index (χ4n) is 2.35. The lowest BCUT2D eigenvalue weighted by molar-refractivity contribution is 0.806. The highest BCUT2D eigenvalue weighted by atomic mass is 32.2. The first-order valence-corrected chi connectivity index (χ1v) is 9.09. The number of hydrogen-bond acceptors (Lipinski definition) is 8. The molecule has 3 aromatic heterocycles. The summed E-state index contributed by atoms with van der Waals surface area (Å²) in [5.41, 5.74) is 2.32. The third kappa shape index (κ3) is 2.86. The largest absolute Gasteiger partial charge is 0.335 e. The fraction of sp³-hybridized carbons (Fsp3) is 0.267. The standard InChI is InChI=1S/C15H15N7S2/c1-3-9-10(8-16)14(20-18-11(9)4-2)24-15-21-19-13(22(15)17)12-6-5-7-23-12/h5-7H,3-4,17H2,1-2H3. The normalized spacial score (nSPS) is 10.7. The second-order valence-corrected chi connectivity index (χ2v) is 6.78. The summed E-state index contributed by atoms with van der Waals surface area (Å²) < 4.78 is 1.42. The SMILES string of the molecule is CCc1nnc(Sc2nnc(-c3cccs3)n2N)c(C#N)c1CC. The maximum absolute atomic E-state index is 9.55. The number of hydrogen-bond donors (Lipinski definition) is 1. The average molecular weight is 357 g/mol. The molecule has 0 unspecified atom stereocenters. The lowest BCUT2D eigenvalue weighted by Crippen LogP contribution is -2.11. The van der Waals surface area contributed by atoms with Crippen LogP contribution < -0.4 is 5.84 Å². The average Bonchev–Trinajstić information content (AvgIpc) is 3.24. The minimum atomic E-state index is 0.468. The highest BCUT2D eigenvalue weighted by molar-refractivity contribution is 7.99. The van der Waals surface area contributed by atoms with Crippen molar-refractivity contribution in [2.45, 2.75) is 36.9 Å². The van der Waals surface area contributed by atoms with Crippen molar-refractivity contribution in [3.63, 3.8) is 0 Å². The van der Waals surface area contributed by atoms with Gasteiger partial charge in [-0.05, 0) is 41.6 Å². The Labute approximate surface area is 147 Å². The Kier molecular flexibility index (Phi) is 4.78. The maximum atomic E-state index is 9.55. The van der Waals surface area contributed by atoms with E-state index in [-0.39, 0.29) is 0 Å². The number of nitriles is 1. The molecule has 0 radical (unpaired) electrons. The number of nitrogen functional groups attached to an aromatic ring is 1. The van der Waals surface area contributed by atoms with Crippen molar-refractivity contribution in [3.8, 4) is 16.8 Å². The lowest BCUT2D eigenvalue weighted by atomic mass is 10.1. The molecular weight excluding hydrogens is 342 g/mol. The second-order valence-electron chi connectivity index (χ2n) is 4.88. The number of rotatable bonds is 5. The Hall–Kier alpha value is -2.44. The van der Waals surface area contributed by atoms with Crippen LogP contribution in [0.4, 0.5) is 0 Å². The van der Waals surface area contributed by atoms with Gasteiger partial charge in [0, 0.05) is 0 Å². The van der Waals surface area contributed by atoms with E-state index in [2.05, 4.69) is 26.5 Å². The van der Waals surface area contributed by atoms with Crippen molar-refractivity contribution in [1.82, 2.24) is 25.1 Å².